The van der Waals surface area contributed by atoms with Crippen LogP contribution in [0.25, 0.3) is 0 Å². The monoisotopic (exact) mass is 327 g/mol. The number of esters is 1. The minimum absolute atomic E-state index is 0.231. The van der Waals surface area contributed by atoms with Gasteiger partial charge in [-0.2, -0.15) is 0 Å². The SMILES string of the molecule is CCOC(=O)c1ccc(NC(=O)C(CC)Oc2ccccc2)cc1. The maximum absolute atomic E-state index is 12.3. The summed E-state index contributed by atoms with van der Waals surface area (Å²) >= 11 is 0. The topological polar surface area (TPSA) is 64.6 Å². The molecule has 1 amide bonds. The fourth-order valence-electron chi connectivity index (χ4n) is 2.11. The van der Waals surface area contributed by atoms with Gasteiger partial charge in [-0.1, -0.05) is 25.1 Å². The van der Waals surface area contributed by atoms with E-state index in [0.29, 0.717) is 30.0 Å². The van der Waals surface area contributed by atoms with Gasteiger partial charge in [-0.05, 0) is 49.7 Å². The third-order valence-electron chi connectivity index (χ3n) is 3.35. The van der Waals surface area contributed by atoms with Crippen molar-refractivity contribution in [1.82, 2.24) is 0 Å². The molecule has 5 heteroatoms. The van der Waals surface area contributed by atoms with E-state index < -0.39 is 6.10 Å². The normalized spacial score (nSPS) is 11.4. The molecule has 0 bridgehead atoms. The van der Waals surface area contributed by atoms with Crippen molar-refractivity contribution >= 4 is 17.6 Å². The number of hydrogen-bond donors (Lipinski definition) is 1. The Balaban J connectivity index is 1.98. The molecular formula is C19H21NO4. The lowest BCUT2D eigenvalue weighted by Crippen LogP contribution is -2.32. The number of para-hydroxylation sites is 1. The largest absolute Gasteiger partial charge is 0.481 e. The second-order valence-electron chi connectivity index (χ2n) is 5.11. The van der Waals surface area contributed by atoms with Gasteiger partial charge in [-0.3, -0.25) is 4.79 Å². The number of ether oxygens (including phenoxy) is 2. The highest BCUT2D eigenvalue weighted by Crippen LogP contribution is 2.15. The minimum Gasteiger partial charge on any atom is -0.481 e. The summed E-state index contributed by atoms with van der Waals surface area (Å²) in [5.41, 5.74) is 1.05. The van der Waals surface area contributed by atoms with Crippen LogP contribution in [0.15, 0.2) is 54.6 Å². The Morgan fingerprint density at radius 3 is 2.25 bits per heavy atom. The number of hydrogen-bond acceptors (Lipinski definition) is 4. The lowest BCUT2D eigenvalue weighted by atomic mass is 10.2. The highest BCUT2D eigenvalue weighted by Gasteiger charge is 2.18. The van der Waals surface area contributed by atoms with E-state index in [1.165, 1.54) is 0 Å². The van der Waals surface area contributed by atoms with Gasteiger partial charge in [0, 0.05) is 5.69 Å². The molecule has 0 aliphatic carbocycles. The zero-order valence-electron chi connectivity index (χ0n) is 13.8. The second-order valence-corrected chi connectivity index (χ2v) is 5.11. The van der Waals surface area contributed by atoms with Gasteiger partial charge in [-0.15, -0.1) is 0 Å². The van der Waals surface area contributed by atoms with Gasteiger partial charge in [-0.25, -0.2) is 4.79 Å². The quantitative estimate of drug-likeness (QED) is 0.788. The molecule has 0 aliphatic rings. The molecular weight excluding hydrogens is 306 g/mol. The number of rotatable bonds is 7. The van der Waals surface area contributed by atoms with Crippen molar-refractivity contribution in [3.05, 3.63) is 60.2 Å². The van der Waals surface area contributed by atoms with Gasteiger partial charge in [0.25, 0.3) is 5.91 Å². The van der Waals surface area contributed by atoms with Crippen molar-refractivity contribution in [3.63, 3.8) is 0 Å². The first-order valence-corrected chi connectivity index (χ1v) is 7.93. The van der Waals surface area contributed by atoms with E-state index in [0.717, 1.165) is 0 Å². The van der Waals surface area contributed by atoms with E-state index in [2.05, 4.69) is 5.32 Å². The van der Waals surface area contributed by atoms with Crippen molar-refractivity contribution in [3.8, 4) is 5.75 Å². The van der Waals surface area contributed by atoms with Crippen LogP contribution in [-0.4, -0.2) is 24.6 Å². The van der Waals surface area contributed by atoms with Crippen LogP contribution in [0.1, 0.15) is 30.6 Å². The van der Waals surface area contributed by atoms with Crippen molar-refractivity contribution in [2.75, 3.05) is 11.9 Å². The van der Waals surface area contributed by atoms with Crippen LogP contribution >= 0.6 is 0 Å². The van der Waals surface area contributed by atoms with Crippen LogP contribution in [0.2, 0.25) is 0 Å². The van der Waals surface area contributed by atoms with Crippen molar-refractivity contribution < 1.29 is 19.1 Å². The second kappa shape index (κ2) is 8.72. The van der Waals surface area contributed by atoms with Gasteiger partial charge >= 0.3 is 5.97 Å². The summed E-state index contributed by atoms with van der Waals surface area (Å²) in [5, 5.41) is 2.80. The Morgan fingerprint density at radius 1 is 1.00 bits per heavy atom. The smallest absolute Gasteiger partial charge is 0.338 e. The number of amides is 1. The van der Waals surface area contributed by atoms with E-state index in [9.17, 15) is 9.59 Å². The fraction of sp³-hybridized carbons (Fsp3) is 0.263. The summed E-state index contributed by atoms with van der Waals surface area (Å²) < 4.78 is 10.6. The molecule has 1 N–H and O–H groups in total. The molecule has 2 aromatic carbocycles. The predicted octanol–water partition coefficient (Wildman–Crippen LogP) is 3.66. The Morgan fingerprint density at radius 2 is 1.67 bits per heavy atom. The van der Waals surface area contributed by atoms with Gasteiger partial charge in [0.15, 0.2) is 6.10 Å². The first kappa shape index (κ1) is 17.5. The van der Waals surface area contributed by atoms with Gasteiger partial charge in [0.1, 0.15) is 5.75 Å². The number of anilines is 1. The molecule has 0 heterocycles. The zero-order chi connectivity index (χ0) is 17.4. The molecule has 2 aromatic rings. The molecule has 0 saturated carbocycles. The Hall–Kier alpha value is -2.82. The molecule has 0 aromatic heterocycles. The number of benzene rings is 2. The van der Waals surface area contributed by atoms with Crippen LogP contribution in [-0.2, 0) is 9.53 Å². The van der Waals surface area contributed by atoms with Crippen molar-refractivity contribution in [2.24, 2.45) is 0 Å². The maximum Gasteiger partial charge on any atom is 0.338 e. The van der Waals surface area contributed by atoms with Crippen LogP contribution < -0.4 is 10.1 Å². The Bertz CT molecular complexity index is 668. The molecule has 0 radical (unpaired) electrons. The molecule has 0 spiro atoms. The van der Waals surface area contributed by atoms with Gasteiger partial charge < -0.3 is 14.8 Å². The maximum atomic E-state index is 12.3. The van der Waals surface area contributed by atoms with Gasteiger partial charge in [0.2, 0.25) is 0 Å². The van der Waals surface area contributed by atoms with Crippen LogP contribution in [0.5, 0.6) is 5.75 Å². The first-order chi connectivity index (χ1) is 11.6. The molecule has 1 atom stereocenters. The summed E-state index contributed by atoms with van der Waals surface area (Å²) in [6, 6.07) is 15.8. The molecule has 0 saturated heterocycles. The fourth-order valence-corrected chi connectivity index (χ4v) is 2.11. The van der Waals surface area contributed by atoms with Crippen molar-refractivity contribution in [2.45, 2.75) is 26.4 Å². The summed E-state index contributed by atoms with van der Waals surface area (Å²) in [6.45, 7) is 3.97. The molecule has 0 aliphatic heterocycles. The third-order valence-corrected chi connectivity index (χ3v) is 3.35. The average molecular weight is 327 g/mol. The van der Waals surface area contributed by atoms with E-state index >= 15 is 0 Å². The molecule has 24 heavy (non-hydrogen) atoms. The molecule has 1 unspecified atom stereocenters. The zero-order valence-corrected chi connectivity index (χ0v) is 13.8. The average Bonchev–Trinajstić information content (AvgIpc) is 2.61. The Kier molecular flexibility index (Phi) is 6.37. The first-order valence-electron chi connectivity index (χ1n) is 7.93. The minimum atomic E-state index is -0.586. The number of carbonyl (C=O) groups is 2. The molecule has 0 fully saturated rings. The summed E-state index contributed by atoms with van der Waals surface area (Å²) in [5.74, 6) is 0.0385. The lowest BCUT2D eigenvalue weighted by Gasteiger charge is -2.17. The summed E-state index contributed by atoms with van der Waals surface area (Å²) in [7, 11) is 0. The standard InChI is InChI=1S/C19H21NO4/c1-3-17(24-16-8-6-5-7-9-16)18(21)20-15-12-10-14(11-13-15)19(22)23-4-2/h5-13,17H,3-4H2,1-2H3,(H,20,21). The number of nitrogens with one attached hydrogen (secondary N) is 1. The molecule has 2 rings (SSSR count). The lowest BCUT2D eigenvalue weighted by molar-refractivity contribution is -0.122. The van der Waals surface area contributed by atoms with E-state index in [-0.39, 0.29) is 11.9 Å². The summed E-state index contributed by atoms with van der Waals surface area (Å²) in [6.07, 6.45) is -0.0427. The predicted molar refractivity (Wildman–Crippen MR) is 92.2 cm³/mol. The third kappa shape index (κ3) is 4.84. The molecule has 5 nitrogen and oxygen atoms in total. The van der Waals surface area contributed by atoms with E-state index in [1.807, 2.05) is 37.3 Å². The highest BCUT2D eigenvalue weighted by molar-refractivity contribution is 5.95. The van der Waals surface area contributed by atoms with Crippen molar-refractivity contribution in [1.29, 1.82) is 0 Å². The van der Waals surface area contributed by atoms with Gasteiger partial charge in [0.05, 0.1) is 12.2 Å². The van der Waals surface area contributed by atoms with Crippen LogP contribution in [0, 0.1) is 0 Å². The summed E-state index contributed by atoms with van der Waals surface area (Å²) in [4.78, 5) is 23.9. The van der Waals surface area contributed by atoms with Crippen LogP contribution in [0.4, 0.5) is 5.69 Å². The molecule has 126 valence electrons. The number of carbonyl (C=O) groups excluding carboxylic acids is 2. The Labute approximate surface area is 141 Å². The van der Waals surface area contributed by atoms with Crippen LogP contribution in [0.3, 0.4) is 0 Å². The highest BCUT2D eigenvalue weighted by atomic mass is 16.5. The van der Waals surface area contributed by atoms with E-state index in [1.54, 1.807) is 31.2 Å². The van der Waals surface area contributed by atoms with E-state index in [4.69, 9.17) is 9.47 Å².